The van der Waals surface area contributed by atoms with Crippen LogP contribution < -0.4 is 0 Å². The van der Waals surface area contributed by atoms with Gasteiger partial charge < -0.3 is 0 Å². The zero-order valence-corrected chi connectivity index (χ0v) is 11.5. The second kappa shape index (κ2) is 5.61. The molecule has 2 aromatic rings. The van der Waals surface area contributed by atoms with Crippen molar-refractivity contribution in [2.75, 3.05) is 0 Å². The molecular formula is C13H6Cl3F3. The summed E-state index contributed by atoms with van der Waals surface area (Å²) in [5.41, 5.74) is 0.147. The monoisotopic (exact) mass is 324 g/mol. The summed E-state index contributed by atoms with van der Waals surface area (Å²) in [5, 5.41) is 0.657. The van der Waals surface area contributed by atoms with E-state index in [9.17, 15) is 13.2 Å². The Bertz CT molecular complexity index is 627. The average molecular weight is 326 g/mol. The number of rotatable bonds is 2. The predicted octanol–water partition coefficient (Wildman–Crippen LogP) is 6.39. The van der Waals surface area contributed by atoms with Crippen LogP contribution in [0.15, 0.2) is 30.3 Å². The largest absolute Gasteiger partial charge is 0.263 e. The first-order valence-corrected chi connectivity index (χ1v) is 6.25. The first kappa shape index (κ1) is 14.5. The van der Waals surface area contributed by atoms with E-state index in [1.54, 1.807) is 0 Å². The minimum Gasteiger partial charge on any atom is -0.207 e. The van der Waals surface area contributed by atoms with E-state index in [2.05, 4.69) is 0 Å². The highest BCUT2D eigenvalue weighted by Gasteiger charge is 2.14. The van der Waals surface area contributed by atoms with Crippen LogP contribution in [0.4, 0.5) is 13.2 Å². The fraction of sp³-hybridized carbons (Fsp3) is 0.0769. The lowest BCUT2D eigenvalue weighted by molar-refractivity contribution is 0.151. The molecule has 0 aliphatic heterocycles. The topological polar surface area (TPSA) is 0 Å². The first-order valence-electron chi connectivity index (χ1n) is 5.12. The fourth-order valence-electron chi connectivity index (χ4n) is 1.64. The summed E-state index contributed by atoms with van der Waals surface area (Å²) in [7, 11) is 0. The number of hydrogen-bond donors (Lipinski definition) is 0. The summed E-state index contributed by atoms with van der Waals surface area (Å²) in [5.74, 6) is -0.769. The molecule has 0 spiro atoms. The number of alkyl halides is 2. The van der Waals surface area contributed by atoms with Crippen LogP contribution in [0.1, 0.15) is 12.0 Å². The summed E-state index contributed by atoms with van der Waals surface area (Å²) in [4.78, 5) is 0. The van der Waals surface area contributed by atoms with Crippen molar-refractivity contribution < 1.29 is 13.2 Å². The molecule has 19 heavy (non-hydrogen) atoms. The summed E-state index contributed by atoms with van der Waals surface area (Å²) in [6.45, 7) is 0. The van der Waals surface area contributed by atoms with Crippen LogP contribution in [-0.4, -0.2) is 0 Å². The molecule has 2 aromatic carbocycles. The van der Waals surface area contributed by atoms with Crippen LogP contribution in [0.2, 0.25) is 15.1 Å². The number of hydrogen-bond acceptors (Lipinski definition) is 0. The van der Waals surface area contributed by atoms with Crippen molar-refractivity contribution in [1.29, 1.82) is 0 Å². The molecule has 0 heterocycles. The molecule has 0 amide bonds. The van der Waals surface area contributed by atoms with Crippen molar-refractivity contribution in [2.45, 2.75) is 6.43 Å². The molecule has 0 fully saturated rings. The van der Waals surface area contributed by atoms with Gasteiger partial charge in [0.25, 0.3) is 6.43 Å². The molecule has 0 radical (unpaired) electrons. The maximum absolute atomic E-state index is 13.3. The van der Waals surface area contributed by atoms with E-state index in [4.69, 9.17) is 34.8 Å². The lowest BCUT2D eigenvalue weighted by atomic mass is 10.0. The normalized spacial score (nSPS) is 11.1. The smallest absolute Gasteiger partial charge is 0.207 e. The highest BCUT2D eigenvalue weighted by molar-refractivity contribution is 6.44. The minimum atomic E-state index is -2.77. The molecular weight excluding hydrogens is 319 g/mol. The van der Waals surface area contributed by atoms with E-state index in [1.165, 1.54) is 18.2 Å². The van der Waals surface area contributed by atoms with Crippen molar-refractivity contribution in [2.24, 2.45) is 0 Å². The van der Waals surface area contributed by atoms with E-state index in [-0.39, 0.29) is 20.6 Å². The molecule has 0 saturated heterocycles. The zero-order chi connectivity index (χ0) is 14.2. The van der Waals surface area contributed by atoms with Crippen molar-refractivity contribution in [3.05, 3.63) is 56.8 Å². The van der Waals surface area contributed by atoms with Gasteiger partial charge in [-0.1, -0.05) is 34.8 Å². The van der Waals surface area contributed by atoms with Gasteiger partial charge in [-0.05, 0) is 35.9 Å². The third-order valence-electron chi connectivity index (χ3n) is 2.49. The van der Waals surface area contributed by atoms with E-state index in [1.807, 2.05) is 0 Å². The van der Waals surface area contributed by atoms with Gasteiger partial charge in [0, 0.05) is 16.1 Å². The Kier molecular flexibility index (Phi) is 4.29. The Morgan fingerprint density at radius 2 is 1.42 bits per heavy atom. The number of benzene rings is 2. The third kappa shape index (κ3) is 3.16. The summed E-state index contributed by atoms with van der Waals surface area (Å²) < 4.78 is 38.6. The molecule has 0 N–H and O–H groups in total. The molecule has 100 valence electrons. The first-order chi connectivity index (χ1) is 8.88. The molecule has 0 bridgehead atoms. The standard InChI is InChI=1S/C13H6Cl3F3/c14-10-5-12(16)11(15)4-9(10)6-1-7(13(18)19)3-8(17)2-6/h1-5,13H. The third-order valence-corrected chi connectivity index (χ3v) is 3.53. The van der Waals surface area contributed by atoms with E-state index >= 15 is 0 Å². The van der Waals surface area contributed by atoms with Gasteiger partial charge in [-0.25, -0.2) is 13.2 Å². The molecule has 0 nitrogen and oxygen atoms in total. The molecule has 0 atom stereocenters. The Labute approximate surface area is 122 Å². The maximum atomic E-state index is 13.3. The lowest BCUT2D eigenvalue weighted by Crippen LogP contribution is -1.90. The lowest BCUT2D eigenvalue weighted by Gasteiger charge is -2.09. The van der Waals surface area contributed by atoms with Crippen molar-refractivity contribution in [3.8, 4) is 11.1 Å². The molecule has 0 aliphatic carbocycles. The van der Waals surface area contributed by atoms with Crippen molar-refractivity contribution in [1.82, 2.24) is 0 Å². The Balaban J connectivity index is 2.62. The molecule has 0 aliphatic rings. The van der Waals surface area contributed by atoms with E-state index < -0.39 is 17.8 Å². The van der Waals surface area contributed by atoms with Gasteiger partial charge in [0.1, 0.15) is 5.82 Å². The number of halogens is 6. The SMILES string of the molecule is Fc1cc(-c2cc(Cl)c(Cl)cc2Cl)cc(C(F)F)c1. The van der Waals surface area contributed by atoms with Gasteiger partial charge in [-0.2, -0.15) is 0 Å². The van der Waals surface area contributed by atoms with Gasteiger partial charge in [-0.3, -0.25) is 0 Å². The highest BCUT2D eigenvalue weighted by atomic mass is 35.5. The quantitative estimate of drug-likeness (QED) is 0.561. The molecule has 0 saturated carbocycles. The van der Waals surface area contributed by atoms with Crippen molar-refractivity contribution in [3.63, 3.8) is 0 Å². The summed E-state index contributed by atoms with van der Waals surface area (Å²) in [6.07, 6.45) is -2.77. The predicted molar refractivity (Wildman–Crippen MR) is 71.8 cm³/mol. The zero-order valence-electron chi connectivity index (χ0n) is 9.23. The fourth-order valence-corrected chi connectivity index (χ4v) is 2.29. The van der Waals surface area contributed by atoms with Crippen LogP contribution in [0.25, 0.3) is 11.1 Å². The van der Waals surface area contributed by atoms with E-state index in [0.717, 1.165) is 12.1 Å². The Morgan fingerprint density at radius 1 is 0.789 bits per heavy atom. The van der Waals surface area contributed by atoms with Gasteiger partial charge in [-0.15, -0.1) is 0 Å². The van der Waals surface area contributed by atoms with Crippen LogP contribution in [-0.2, 0) is 0 Å². The van der Waals surface area contributed by atoms with Gasteiger partial charge in [0.05, 0.1) is 10.0 Å². The molecule has 0 unspecified atom stereocenters. The Morgan fingerprint density at radius 3 is 2.05 bits per heavy atom. The van der Waals surface area contributed by atoms with Crippen LogP contribution >= 0.6 is 34.8 Å². The molecule has 2 rings (SSSR count). The summed E-state index contributed by atoms with van der Waals surface area (Å²) >= 11 is 17.6. The van der Waals surface area contributed by atoms with Gasteiger partial charge in [0.15, 0.2) is 0 Å². The van der Waals surface area contributed by atoms with Crippen molar-refractivity contribution >= 4 is 34.8 Å². The summed E-state index contributed by atoms with van der Waals surface area (Å²) in [6, 6.07) is 5.85. The highest BCUT2D eigenvalue weighted by Crippen LogP contribution is 2.36. The molecule has 6 heteroatoms. The van der Waals surface area contributed by atoms with Crippen LogP contribution in [0.5, 0.6) is 0 Å². The second-order valence-corrected chi connectivity index (χ2v) is 5.04. The van der Waals surface area contributed by atoms with Gasteiger partial charge >= 0.3 is 0 Å². The van der Waals surface area contributed by atoms with Crippen LogP contribution in [0.3, 0.4) is 0 Å². The van der Waals surface area contributed by atoms with Gasteiger partial charge in [0.2, 0.25) is 0 Å². The Hall–Kier alpha value is -0.900. The second-order valence-electron chi connectivity index (χ2n) is 3.82. The van der Waals surface area contributed by atoms with E-state index in [0.29, 0.717) is 5.56 Å². The minimum absolute atomic E-state index is 0.209. The van der Waals surface area contributed by atoms with Crippen LogP contribution in [0, 0.1) is 5.82 Å². The molecule has 0 aromatic heterocycles. The average Bonchev–Trinajstić information content (AvgIpc) is 2.33. The maximum Gasteiger partial charge on any atom is 0.263 e.